The molecule has 1 aliphatic carbocycles. The number of aromatic nitrogens is 1. The molecule has 2 nitrogen and oxygen atoms in total. The van der Waals surface area contributed by atoms with Gasteiger partial charge in [0.1, 0.15) is 0 Å². The van der Waals surface area contributed by atoms with Crippen molar-refractivity contribution in [2.45, 2.75) is 51.5 Å². The summed E-state index contributed by atoms with van der Waals surface area (Å²) in [5.41, 5.74) is 4.29. The van der Waals surface area contributed by atoms with Crippen LogP contribution in [0, 0.1) is 5.92 Å². The van der Waals surface area contributed by atoms with Gasteiger partial charge in [0.2, 0.25) is 0 Å². The van der Waals surface area contributed by atoms with E-state index in [0.29, 0.717) is 6.04 Å². The molecule has 1 saturated carbocycles. The number of rotatable bonds is 4. The van der Waals surface area contributed by atoms with Crippen LogP contribution in [0.25, 0.3) is 10.2 Å². The average Bonchev–Trinajstić information content (AvgIpc) is 2.89. The normalized spacial score (nSPS) is 23.6. The molecule has 0 amide bonds. The molecule has 0 spiro atoms. The molecule has 1 fully saturated rings. The number of hydrogen-bond acceptors (Lipinski definition) is 3. The predicted molar refractivity (Wildman–Crippen MR) is 83.9 cm³/mol. The third kappa shape index (κ3) is 3.08. The Hall–Kier alpha value is -1.09. The van der Waals surface area contributed by atoms with Crippen molar-refractivity contribution < 1.29 is 0 Å². The molecule has 1 aromatic heterocycles. The Labute approximate surface area is 119 Å². The SMILES string of the molecule is CCCC1CCC(Nc2ccc3ncsc3c2)CC1. The average molecular weight is 274 g/mol. The van der Waals surface area contributed by atoms with E-state index in [0.717, 1.165) is 11.4 Å². The molecule has 0 atom stereocenters. The molecule has 0 aliphatic heterocycles. The summed E-state index contributed by atoms with van der Waals surface area (Å²) in [7, 11) is 0. The van der Waals surface area contributed by atoms with Gasteiger partial charge in [-0.1, -0.05) is 19.8 Å². The van der Waals surface area contributed by atoms with Gasteiger partial charge in [0.25, 0.3) is 0 Å². The molecule has 1 heterocycles. The number of anilines is 1. The Morgan fingerprint density at radius 3 is 2.89 bits per heavy atom. The highest BCUT2D eigenvalue weighted by molar-refractivity contribution is 7.16. The van der Waals surface area contributed by atoms with E-state index in [1.165, 1.54) is 48.9 Å². The topological polar surface area (TPSA) is 24.9 Å². The number of fused-ring (bicyclic) bond motifs is 1. The molecule has 1 aromatic carbocycles. The summed E-state index contributed by atoms with van der Waals surface area (Å²) in [5.74, 6) is 0.979. The Balaban J connectivity index is 1.59. The molecule has 2 aromatic rings. The lowest BCUT2D eigenvalue weighted by molar-refractivity contribution is 0.319. The minimum atomic E-state index is 0.665. The highest BCUT2D eigenvalue weighted by atomic mass is 32.1. The number of thiazole rings is 1. The number of nitrogens with zero attached hydrogens (tertiary/aromatic N) is 1. The summed E-state index contributed by atoms with van der Waals surface area (Å²) in [6, 6.07) is 7.20. The first kappa shape index (κ1) is 12.9. The smallest absolute Gasteiger partial charge is 0.0813 e. The van der Waals surface area contributed by atoms with E-state index in [4.69, 9.17) is 0 Å². The summed E-state index contributed by atoms with van der Waals surface area (Å²) in [6.45, 7) is 2.30. The maximum atomic E-state index is 4.33. The molecular formula is C16H22N2S. The van der Waals surface area contributed by atoms with Crippen LogP contribution in [-0.2, 0) is 0 Å². The molecule has 0 bridgehead atoms. The minimum absolute atomic E-state index is 0.665. The van der Waals surface area contributed by atoms with E-state index >= 15 is 0 Å². The summed E-state index contributed by atoms with van der Waals surface area (Å²) in [4.78, 5) is 4.33. The largest absolute Gasteiger partial charge is 0.382 e. The van der Waals surface area contributed by atoms with Crippen LogP contribution >= 0.6 is 11.3 Å². The number of nitrogens with one attached hydrogen (secondary N) is 1. The zero-order chi connectivity index (χ0) is 13.1. The fourth-order valence-electron chi connectivity index (χ4n) is 3.18. The molecule has 0 unspecified atom stereocenters. The first-order valence-electron chi connectivity index (χ1n) is 7.45. The summed E-state index contributed by atoms with van der Waals surface area (Å²) < 4.78 is 1.28. The van der Waals surface area contributed by atoms with Crippen molar-refractivity contribution in [1.29, 1.82) is 0 Å². The van der Waals surface area contributed by atoms with Crippen LogP contribution < -0.4 is 5.32 Å². The zero-order valence-electron chi connectivity index (χ0n) is 11.6. The second kappa shape index (κ2) is 5.91. The Morgan fingerprint density at radius 2 is 2.11 bits per heavy atom. The van der Waals surface area contributed by atoms with Crippen LogP contribution in [0.1, 0.15) is 45.4 Å². The van der Waals surface area contributed by atoms with Crippen molar-refractivity contribution in [2.24, 2.45) is 5.92 Å². The lowest BCUT2D eigenvalue weighted by atomic mass is 9.83. The minimum Gasteiger partial charge on any atom is -0.382 e. The molecule has 0 radical (unpaired) electrons. The molecular weight excluding hydrogens is 252 g/mol. The van der Waals surface area contributed by atoms with Crippen molar-refractivity contribution in [3.63, 3.8) is 0 Å². The maximum Gasteiger partial charge on any atom is 0.0813 e. The van der Waals surface area contributed by atoms with Crippen molar-refractivity contribution in [1.82, 2.24) is 4.98 Å². The van der Waals surface area contributed by atoms with Crippen molar-refractivity contribution >= 4 is 27.2 Å². The number of benzene rings is 1. The molecule has 1 aliphatic rings. The summed E-state index contributed by atoms with van der Waals surface area (Å²) in [5, 5.41) is 3.70. The first-order chi connectivity index (χ1) is 9.35. The van der Waals surface area contributed by atoms with Crippen LogP contribution in [0.4, 0.5) is 5.69 Å². The van der Waals surface area contributed by atoms with Crippen LogP contribution in [0.5, 0.6) is 0 Å². The van der Waals surface area contributed by atoms with Gasteiger partial charge in [-0.2, -0.15) is 0 Å². The fourth-order valence-corrected chi connectivity index (χ4v) is 3.90. The van der Waals surface area contributed by atoms with E-state index in [-0.39, 0.29) is 0 Å². The van der Waals surface area contributed by atoms with E-state index in [9.17, 15) is 0 Å². The van der Waals surface area contributed by atoms with Gasteiger partial charge in [0.05, 0.1) is 15.7 Å². The molecule has 3 heteroatoms. The molecule has 102 valence electrons. The van der Waals surface area contributed by atoms with Crippen LogP contribution in [0.15, 0.2) is 23.7 Å². The van der Waals surface area contributed by atoms with Gasteiger partial charge in [0, 0.05) is 11.7 Å². The highest BCUT2D eigenvalue weighted by Crippen LogP contribution is 2.30. The summed E-state index contributed by atoms with van der Waals surface area (Å²) in [6.07, 6.45) is 8.20. The van der Waals surface area contributed by atoms with Gasteiger partial charge in [-0.05, 0) is 49.8 Å². The van der Waals surface area contributed by atoms with Gasteiger partial charge in [-0.3, -0.25) is 0 Å². The first-order valence-corrected chi connectivity index (χ1v) is 8.33. The second-order valence-corrected chi connectivity index (χ2v) is 6.57. The fraction of sp³-hybridized carbons (Fsp3) is 0.562. The van der Waals surface area contributed by atoms with Crippen LogP contribution in [0.2, 0.25) is 0 Å². The van der Waals surface area contributed by atoms with Gasteiger partial charge in [-0.25, -0.2) is 4.98 Å². The number of hydrogen-bond donors (Lipinski definition) is 1. The highest BCUT2D eigenvalue weighted by Gasteiger charge is 2.20. The van der Waals surface area contributed by atoms with Gasteiger partial charge >= 0.3 is 0 Å². The molecule has 0 saturated heterocycles. The van der Waals surface area contributed by atoms with Crippen LogP contribution in [-0.4, -0.2) is 11.0 Å². The molecule has 1 N–H and O–H groups in total. The van der Waals surface area contributed by atoms with E-state index in [2.05, 4.69) is 35.4 Å². The van der Waals surface area contributed by atoms with Crippen molar-refractivity contribution in [2.75, 3.05) is 5.32 Å². The Morgan fingerprint density at radius 1 is 1.26 bits per heavy atom. The Kier molecular flexibility index (Phi) is 4.02. The lowest BCUT2D eigenvalue weighted by Gasteiger charge is -2.29. The third-order valence-electron chi connectivity index (χ3n) is 4.25. The van der Waals surface area contributed by atoms with Crippen LogP contribution in [0.3, 0.4) is 0 Å². The maximum absolute atomic E-state index is 4.33. The van der Waals surface area contributed by atoms with E-state index in [1.807, 2.05) is 5.51 Å². The standard InChI is InChI=1S/C16H22N2S/c1-2-3-12-4-6-13(7-5-12)18-14-8-9-15-16(10-14)19-11-17-15/h8-13,18H,2-7H2,1H3. The lowest BCUT2D eigenvalue weighted by Crippen LogP contribution is -2.26. The van der Waals surface area contributed by atoms with Gasteiger partial charge in [0.15, 0.2) is 0 Å². The Bertz CT molecular complexity index is 526. The zero-order valence-corrected chi connectivity index (χ0v) is 12.4. The monoisotopic (exact) mass is 274 g/mol. The van der Waals surface area contributed by atoms with Crippen molar-refractivity contribution in [3.8, 4) is 0 Å². The van der Waals surface area contributed by atoms with Crippen molar-refractivity contribution in [3.05, 3.63) is 23.7 Å². The van der Waals surface area contributed by atoms with Gasteiger partial charge < -0.3 is 5.32 Å². The third-order valence-corrected chi connectivity index (χ3v) is 5.04. The summed E-state index contributed by atoms with van der Waals surface area (Å²) >= 11 is 1.72. The van der Waals surface area contributed by atoms with E-state index < -0.39 is 0 Å². The molecule has 3 rings (SSSR count). The quantitative estimate of drug-likeness (QED) is 0.842. The van der Waals surface area contributed by atoms with Gasteiger partial charge in [-0.15, -0.1) is 11.3 Å². The predicted octanol–water partition coefficient (Wildman–Crippen LogP) is 5.07. The second-order valence-electron chi connectivity index (χ2n) is 5.69. The molecule has 19 heavy (non-hydrogen) atoms. The van der Waals surface area contributed by atoms with E-state index in [1.54, 1.807) is 11.3 Å².